The van der Waals surface area contributed by atoms with Crippen molar-refractivity contribution in [2.75, 3.05) is 0 Å². The summed E-state index contributed by atoms with van der Waals surface area (Å²) in [6.07, 6.45) is 6.35. The van der Waals surface area contributed by atoms with Crippen molar-refractivity contribution in [1.29, 1.82) is 0 Å². The summed E-state index contributed by atoms with van der Waals surface area (Å²) in [7, 11) is 0. The second-order valence-corrected chi connectivity index (χ2v) is 8.76. The van der Waals surface area contributed by atoms with Gasteiger partial charge in [-0.25, -0.2) is 0 Å². The fourth-order valence-electron chi connectivity index (χ4n) is 5.42. The molecule has 2 aliphatic rings. The third-order valence-electron chi connectivity index (χ3n) is 6.86. The molecule has 0 amide bonds. The normalized spacial score (nSPS) is 18.1. The Balaban J connectivity index is 1.64. The Kier molecular flexibility index (Phi) is 4.64. The lowest BCUT2D eigenvalue weighted by Gasteiger charge is -2.33. The molecule has 1 fully saturated rings. The molecule has 2 nitrogen and oxygen atoms in total. The van der Waals surface area contributed by atoms with Gasteiger partial charge in [0.15, 0.2) is 6.10 Å². The Morgan fingerprint density at radius 1 is 0.677 bits per heavy atom. The molecule has 1 aliphatic carbocycles. The number of hydrogen-bond donors (Lipinski definition) is 0. The molecule has 0 saturated heterocycles. The summed E-state index contributed by atoms with van der Waals surface area (Å²) in [5.41, 5.74) is 7.66. The molecule has 31 heavy (non-hydrogen) atoms. The maximum Gasteiger partial charge on any atom is 0.164 e. The first-order valence-electron chi connectivity index (χ1n) is 11.5. The van der Waals surface area contributed by atoms with Crippen LogP contribution in [-0.4, -0.2) is 4.57 Å². The van der Waals surface area contributed by atoms with Crippen molar-refractivity contribution in [2.24, 2.45) is 0 Å². The number of nitrogens with zero attached hydrogens (tertiary/aromatic N) is 1. The molecule has 2 heterocycles. The Morgan fingerprint density at radius 3 is 2.13 bits per heavy atom. The minimum Gasteiger partial charge on any atom is -0.479 e. The summed E-state index contributed by atoms with van der Waals surface area (Å²) in [5.74, 6) is 0.976. The van der Waals surface area contributed by atoms with Gasteiger partial charge in [-0.15, -0.1) is 0 Å². The van der Waals surface area contributed by atoms with Crippen LogP contribution in [-0.2, 0) is 0 Å². The number of ether oxygens (including phenoxy) is 1. The first kappa shape index (κ1) is 18.5. The third kappa shape index (κ3) is 3.18. The number of hydrogen-bond acceptors (Lipinski definition) is 1. The molecular weight excluding hydrogens is 378 g/mol. The van der Waals surface area contributed by atoms with Crippen LogP contribution in [0.4, 0.5) is 0 Å². The molecule has 1 atom stereocenters. The molecule has 2 heteroatoms. The van der Waals surface area contributed by atoms with Crippen molar-refractivity contribution < 1.29 is 4.74 Å². The molecule has 1 aliphatic heterocycles. The summed E-state index contributed by atoms with van der Waals surface area (Å²) >= 11 is 0. The molecule has 0 spiro atoms. The van der Waals surface area contributed by atoms with Crippen LogP contribution in [0.1, 0.15) is 55.5 Å². The number of fused-ring (bicyclic) bond motifs is 3. The van der Waals surface area contributed by atoms with E-state index in [1.807, 2.05) is 0 Å². The van der Waals surface area contributed by atoms with E-state index in [0.29, 0.717) is 6.04 Å². The van der Waals surface area contributed by atoms with Crippen LogP contribution in [0.2, 0.25) is 0 Å². The van der Waals surface area contributed by atoms with E-state index in [1.54, 1.807) is 0 Å². The Labute approximate surface area is 184 Å². The van der Waals surface area contributed by atoms with E-state index >= 15 is 0 Å². The van der Waals surface area contributed by atoms with Crippen LogP contribution in [0.15, 0.2) is 91.0 Å². The molecule has 6 rings (SSSR count). The maximum absolute atomic E-state index is 6.70. The van der Waals surface area contributed by atoms with Gasteiger partial charge in [0.1, 0.15) is 5.75 Å². The van der Waals surface area contributed by atoms with Crippen LogP contribution in [0.3, 0.4) is 0 Å². The highest BCUT2D eigenvalue weighted by molar-refractivity contribution is 5.81. The highest BCUT2D eigenvalue weighted by Gasteiger charge is 2.35. The maximum atomic E-state index is 6.70. The molecule has 3 aromatic carbocycles. The highest BCUT2D eigenvalue weighted by Crippen LogP contribution is 2.50. The molecule has 0 unspecified atom stereocenters. The second kappa shape index (κ2) is 7.77. The standard InChI is InChI=1S/C29H27NO/c1-4-12-21(13-5-1)26-20-25-24-18-10-11-19-27(24)31-29(22-14-6-2-7-15-22)28(25)30(26)23-16-8-3-9-17-23/h1-2,4-7,10-15,18-20,23,29H,3,8-9,16-17H2/t29-/m1/s1. The van der Waals surface area contributed by atoms with Gasteiger partial charge in [0.25, 0.3) is 0 Å². The largest absolute Gasteiger partial charge is 0.479 e. The van der Waals surface area contributed by atoms with Crippen LogP contribution in [0.5, 0.6) is 5.75 Å². The van der Waals surface area contributed by atoms with E-state index in [-0.39, 0.29) is 6.10 Å². The molecule has 0 radical (unpaired) electrons. The predicted octanol–water partition coefficient (Wildman–Crippen LogP) is 7.81. The fraction of sp³-hybridized carbons (Fsp3) is 0.241. The van der Waals surface area contributed by atoms with Gasteiger partial charge >= 0.3 is 0 Å². The first-order chi connectivity index (χ1) is 15.4. The quantitative estimate of drug-likeness (QED) is 0.339. The zero-order valence-electron chi connectivity index (χ0n) is 17.7. The summed E-state index contributed by atoms with van der Waals surface area (Å²) < 4.78 is 9.34. The monoisotopic (exact) mass is 405 g/mol. The van der Waals surface area contributed by atoms with Crippen molar-refractivity contribution in [1.82, 2.24) is 4.57 Å². The van der Waals surface area contributed by atoms with Crippen LogP contribution >= 0.6 is 0 Å². The third-order valence-corrected chi connectivity index (χ3v) is 6.86. The molecule has 0 bridgehead atoms. The highest BCUT2D eigenvalue weighted by atomic mass is 16.5. The van der Waals surface area contributed by atoms with Gasteiger partial charge in [0.05, 0.1) is 5.69 Å². The van der Waals surface area contributed by atoms with Gasteiger partial charge in [-0.3, -0.25) is 0 Å². The van der Waals surface area contributed by atoms with Gasteiger partial charge in [-0.1, -0.05) is 98.1 Å². The average Bonchev–Trinajstić information content (AvgIpc) is 3.26. The van der Waals surface area contributed by atoms with Gasteiger partial charge < -0.3 is 9.30 Å². The van der Waals surface area contributed by atoms with Gasteiger partial charge in [0, 0.05) is 22.9 Å². The molecule has 1 aromatic heterocycles. The summed E-state index contributed by atoms with van der Waals surface area (Å²) in [5, 5.41) is 0. The minimum absolute atomic E-state index is 0.0921. The lowest BCUT2D eigenvalue weighted by molar-refractivity contribution is 0.223. The van der Waals surface area contributed by atoms with E-state index in [4.69, 9.17) is 4.74 Å². The smallest absolute Gasteiger partial charge is 0.164 e. The van der Waals surface area contributed by atoms with E-state index < -0.39 is 0 Å². The number of rotatable bonds is 3. The zero-order valence-corrected chi connectivity index (χ0v) is 17.7. The van der Waals surface area contributed by atoms with Gasteiger partial charge in [-0.2, -0.15) is 0 Å². The topological polar surface area (TPSA) is 14.2 Å². The zero-order chi connectivity index (χ0) is 20.6. The van der Waals surface area contributed by atoms with Crippen molar-refractivity contribution in [3.05, 3.63) is 102 Å². The Bertz CT molecular complexity index is 1190. The fourth-order valence-corrected chi connectivity index (χ4v) is 5.42. The van der Waals surface area contributed by atoms with E-state index in [0.717, 1.165) is 5.75 Å². The minimum atomic E-state index is -0.0921. The molecule has 154 valence electrons. The molecular formula is C29H27NO. The van der Waals surface area contributed by atoms with Crippen LogP contribution in [0, 0.1) is 0 Å². The van der Waals surface area contributed by atoms with E-state index in [2.05, 4.69) is 95.6 Å². The Morgan fingerprint density at radius 2 is 1.35 bits per heavy atom. The lowest BCUT2D eigenvalue weighted by atomic mass is 9.92. The second-order valence-electron chi connectivity index (χ2n) is 8.76. The van der Waals surface area contributed by atoms with Crippen LogP contribution in [0.25, 0.3) is 22.4 Å². The predicted molar refractivity (Wildman–Crippen MR) is 126 cm³/mol. The van der Waals surface area contributed by atoms with Crippen molar-refractivity contribution in [3.63, 3.8) is 0 Å². The van der Waals surface area contributed by atoms with Crippen molar-refractivity contribution >= 4 is 0 Å². The number of benzene rings is 3. The Hall–Kier alpha value is -3.26. The first-order valence-corrected chi connectivity index (χ1v) is 11.5. The molecule has 0 N–H and O–H groups in total. The summed E-state index contributed by atoms with van der Waals surface area (Å²) in [4.78, 5) is 0. The van der Waals surface area contributed by atoms with E-state index in [9.17, 15) is 0 Å². The van der Waals surface area contributed by atoms with Gasteiger partial charge in [-0.05, 0) is 36.1 Å². The van der Waals surface area contributed by atoms with Crippen LogP contribution < -0.4 is 4.74 Å². The van der Waals surface area contributed by atoms with Crippen molar-refractivity contribution in [2.45, 2.75) is 44.2 Å². The number of para-hydroxylation sites is 1. The van der Waals surface area contributed by atoms with E-state index in [1.165, 1.54) is 65.7 Å². The SMILES string of the molecule is c1ccc(-c2cc3c(n2C2CCCCC2)[C@@H](c2ccccc2)Oc2ccccc2-3)cc1. The summed E-state index contributed by atoms with van der Waals surface area (Å²) in [6.45, 7) is 0. The van der Waals surface area contributed by atoms with Gasteiger partial charge in [0.2, 0.25) is 0 Å². The number of aromatic nitrogens is 1. The summed E-state index contributed by atoms with van der Waals surface area (Å²) in [6, 6.07) is 33.0. The molecule has 4 aromatic rings. The lowest BCUT2D eigenvalue weighted by Crippen LogP contribution is -2.23. The van der Waals surface area contributed by atoms with Crippen molar-refractivity contribution in [3.8, 4) is 28.1 Å². The molecule has 1 saturated carbocycles. The average molecular weight is 406 g/mol.